The Labute approximate surface area is 142 Å². The van der Waals surface area contributed by atoms with Gasteiger partial charge in [0.15, 0.2) is 0 Å². The maximum absolute atomic E-state index is 11.7. The second-order valence-corrected chi connectivity index (χ2v) is 5.78. The minimum atomic E-state index is -0.892. The van der Waals surface area contributed by atoms with Crippen LogP contribution in [0.15, 0.2) is 41.4 Å². The molecule has 1 rings (SSSR count). The summed E-state index contributed by atoms with van der Waals surface area (Å²) < 4.78 is 5.48. The highest BCUT2D eigenvalue weighted by Crippen LogP contribution is 2.09. The summed E-state index contributed by atoms with van der Waals surface area (Å²) in [5.74, 6) is -1.25. The first-order chi connectivity index (χ1) is 10.9. The van der Waals surface area contributed by atoms with E-state index in [0.717, 1.165) is 5.56 Å². The minimum absolute atomic E-state index is 0.0988. The van der Waals surface area contributed by atoms with Gasteiger partial charge >= 0.3 is 6.09 Å². The van der Waals surface area contributed by atoms with Gasteiger partial charge in [0.05, 0.1) is 0 Å². The van der Waals surface area contributed by atoms with Crippen molar-refractivity contribution in [3.8, 4) is 0 Å². The van der Waals surface area contributed by atoms with Gasteiger partial charge in [0.25, 0.3) is 0 Å². The number of primary amides is 1. The van der Waals surface area contributed by atoms with Crippen molar-refractivity contribution in [1.29, 1.82) is 0 Å². The Morgan fingerprint density at radius 3 is 2.48 bits per heavy atom. The fraction of sp³-hybridized carbons (Fsp3) is 0.267. The Bertz CT molecular complexity index is 577. The van der Waals surface area contributed by atoms with Gasteiger partial charge in [-0.3, -0.25) is 9.59 Å². The lowest BCUT2D eigenvalue weighted by molar-refractivity contribution is -0.126. The molecule has 0 aliphatic carbocycles. The normalized spacial score (nSPS) is 11.2. The largest absolute Gasteiger partial charge is 0.445 e. The van der Waals surface area contributed by atoms with Gasteiger partial charge in [-0.1, -0.05) is 52.8 Å². The summed E-state index contributed by atoms with van der Waals surface area (Å²) >= 11 is 3.09. The molecule has 0 fully saturated rings. The van der Waals surface area contributed by atoms with Crippen LogP contribution in [0.5, 0.6) is 0 Å². The first-order valence-corrected chi connectivity index (χ1v) is 7.54. The molecule has 0 aliphatic heterocycles. The number of halogens is 1. The molecule has 8 heteroatoms. The molecule has 1 atom stereocenters. The molecule has 124 valence electrons. The number of amides is 3. The average Bonchev–Trinajstić information content (AvgIpc) is 2.50. The van der Waals surface area contributed by atoms with Crippen LogP contribution in [0.3, 0.4) is 0 Å². The number of hydrogen-bond donors (Lipinski definition) is 3. The number of hydrogen-bond acceptors (Lipinski definition) is 4. The van der Waals surface area contributed by atoms with Crippen molar-refractivity contribution in [1.82, 2.24) is 10.6 Å². The van der Waals surface area contributed by atoms with Crippen LogP contribution in [0, 0.1) is 0 Å². The van der Waals surface area contributed by atoms with Crippen LogP contribution in [0.1, 0.15) is 12.0 Å². The van der Waals surface area contributed by atoms with Crippen molar-refractivity contribution in [3.63, 3.8) is 0 Å². The van der Waals surface area contributed by atoms with Gasteiger partial charge in [-0.15, -0.1) is 0 Å². The number of ether oxygens (including phenoxy) is 1. The first kappa shape index (κ1) is 18.7. The van der Waals surface area contributed by atoms with E-state index in [1.807, 2.05) is 30.3 Å². The average molecular weight is 384 g/mol. The molecule has 1 aromatic rings. The van der Waals surface area contributed by atoms with Gasteiger partial charge < -0.3 is 21.1 Å². The van der Waals surface area contributed by atoms with E-state index >= 15 is 0 Å². The Kier molecular flexibility index (Phi) is 7.82. The van der Waals surface area contributed by atoms with Crippen LogP contribution in [-0.4, -0.2) is 30.5 Å². The van der Waals surface area contributed by atoms with Crippen LogP contribution >= 0.6 is 15.9 Å². The number of alkyl carbamates (subject to hydrolysis) is 1. The van der Waals surface area contributed by atoms with E-state index in [-0.39, 0.29) is 19.6 Å². The SMILES string of the molecule is C=C(Br)C[C@H](NC(=O)CNC(=O)OCc1ccccc1)C(N)=O. The molecular formula is C15H18BrN3O4. The van der Waals surface area contributed by atoms with E-state index in [1.165, 1.54) is 0 Å². The van der Waals surface area contributed by atoms with Crippen molar-refractivity contribution in [2.75, 3.05) is 6.54 Å². The Hall–Kier alpha value is -2.35. The maximum atomic E-state index is 11.7. The van der Waals surface area contributed by atoms with Gasteiger partial charge in [-0.05, 0) is 10.0 Å². The zero-order chi connectivity index (χ0) is 17.2. The summed E-state index contributed by atoms with van der Waals surface area (Å²) in [6.07, 6.45) is -0.566. The summed E-state index contributed by atoms with van der Waals surface area (Å²) in [7, 11) is 0. The van der Waals surface area contributed by atoms with Gasteiger partial charge in [0.2, 0.25) is 11.8 Å². The molecule has 0 radical (unpaired) electrons. The van der Waals surface area contributed by atoms with E-state index in [0.29, 0.717) is 4.48 Å². The molecule has 0 bridgehead atoms. The number of carbonyl (C=O) groups is 3. The predicted octanol–water partition coefficient (Wildman–Crippen LogP) is 1.18. The minimum Gasteiger partial charge on any atom is -0.445 e. The number of nitrogens with one attached hydrogen (secondary N) is 2. The summed E-state index contributed by atoms with van der Waals surface area (Å²) in [4.78, 5) is 34.4. The summed E-state index contributed by atoms with van der Waals surface area (Å²) in [6.45, 7) is 3.35. The molecule has 4 N–H and O–H groups in total. The van der Waals surface area contributed by atoms with Crippen molar-refractivity contribution in [2.24, 2.45) is 5.73 Å². The van der Waals surface area contributed by atoms with Crippen LogP contribution < -0.4 is 16.4 Å². The summed E-state index contributed by atoms with van der Waals surface area (Å²) in [5, 5.41) is 4.69. The third-order valence-corrected chi connectivity index (χ3v) is 3.03. The molecule has 0 unspecified atom stereocenters. The monoisotopic (exact) mass is 383 g/mol. The Balaban J connectivity index is 2.32. The highest BCUT2D eigenvalue weighted by atomic mass is 79.9. The van der Waals surface area contributed by atoms with Crippen LogP contribution in [-0.2, 0) is 20.9 Å². The molecule has 7 nitrogen and oxygen atoms in total. The van der Waals surface area contributed by atoms with Gasteiger partial charge in [-0.25, -0.2) is 4.79 Å². The Morgan fingerprint density at radius 2 is 1.91 bits per heavy atom. The van der Waals surface area contributed by atoms with Crippen molar-refractivity contribution >= 4 is 33.8 Å². The number of carbonyl (C=O) groups excluding carboxylic acids is 3. The van der Waals surface area contributed by atoms with Crippen LogP contribution in [0.4, 0.5) is 4.79 Å². The van der Waals surface area contributed by atoms with Gasteiger partial charge in [0.1, 0.15) is 19.2 Å². The molecule has 0 heterocycles. The number of rotatable bonds is 8. The van der Waals surface area contributed by atoms with Crippen molar-refractivity contribution in [2.45, 2.75) is 19.1 Å². The number of benzene rings is 1. The fourth-order valence-electron chi connectivity index (χ4n) is 1.62. The zero-order valence-corrected chi connectivity index (χ0v) is 14.0. The van der Waals surface area contributed by atoms with Crippen molar-refractivity contribution < 1.29 is 19.1 Å². The molecule has 3 amide bonds. The lowest BCUT2D eigenvalue weighted by Gasteiger charge is -2.15. The zero-order valence-electron chi connectivity index (χ0n) is 12.4. The van der Waals surface area contributed by atoms with Crippen molar-refractivity contribution in [3.05, 3.63) is 47.0 Å². The van der Waals surface area contributed by atoms with E-state index < -0.39 is 23.9 Å². The molecule has 1 aromatic carbocycles. The predicted molar refractivity (Wildman–Crippen MR) is 88.4 cm³/mol. The third kappa shape index (κ3) is 8.01. The van der Waals surface area contributed by atoms with E-state index in [4.69, 9.17) is 10.5 Å². The highest BCUT2D eigenvalue weighted by molar-refractivity contribution is 9.11. The summed E-state index contributed by atoms with van der Waals surface area (Å²) in [5.41, 5.74) is 6.00. The lowest BCUT2D eigenvalue weighted by atomic mass is 10.2. The third-order valence-electron chi connectivity index (χ3n) is 2.71. The van der Waals surface area contributed by atoms with Gasteiger partial charge in [0, 0.05) is 6.42 Å². The molecule has 0 saturated heterocycles. The molecule has 0 spiro atoms. The number of nitrogens with two attached hydrogens (primary N) is 1. The maximum Gasteiger partial charge on any atom is 0.407 e. The Morgan fingerprint density at radius 1 is 1.26 bits per heavy atom. The topological polar surface area (TPSA) is 111 Å². The highest BCUT2D eigenvalue weighted by Gasteiger charge is 2.18. The molecule has 0 saturated carbocycles. The smallest absolute Gasteiger partial charge is 0.407 e. The van der Waals surface area contributed by atoms with Crippen LogP contribution in [0.2, 0.25) is 0 Å². The molecule has 23 heavy (non-hydrogen) atoms. The van der Waals surface area contributed by atoms with E-state index in [9.17, 15) is 14.4 Å². The molecule has 0 aromatic heterocycles. The second kappa shape index (κ2) is 9.62. The van der Waals surface area contributed by atoms with E-state index in [1.54, 1.807) is 0 Å². The second-order valence-electron chi connectivity index (χ2n) is 4.66. The van der Waals surface area contributed by atoms with E-state index in [2.05, 4.69) is 33.1 Å². The first-order valence-electron chi connectivity index (χ1n) is 6.75. The molecule has 0 aliphatic rings. The lowest BCUT2D eigenvalue weighted by Crippen LogP contribution is -2.47. The molecular weight excluding hydrogens is 366 g/mol. The fourth-order valence-corrected chi connectivity index (χ4v) is 1.94. The van der Waals surface area contributed by atoms with Gasteiger partial charge in [-0.2, -0.15) is 0 Å². The quantitative estimate of drug-likeness (QED) is 0.625. The summed E-state index contributed by atoms with van der Waals surface area (Å²) in [6, 6.07) is 8.23. The standard InChI is InChI=1S/C15H18BrN3O4/c1-10(16)7-12(14(17)21)19-13(20)8-18-15(22)23-9-11-5-3-2-4-6-11/h2-6,12H,1,7-9H2,(H2,17,21)(H,18,22)(H,19,20)/t12-/m0/s1. The van der Waals surface area contributed by atoms with Crippen LogP contribution in [0.25, 0.3) is 0 Å².